The quantitative estimate of drug-likeness (QED) is 0.362. The highest BCUT2D eigenvalue weighted by Crippen LogP contribution is 2.30. The Morgan fingerprint density at radius 3 is 2.95 bits per heavy atom. The van der Waals surface area contributed by atoms with E-state index in [4.69, 9.17) is 14.5 Å². The molecular weight excluding hydrogens is 470 g/mol. The molecule has 1 aromatic carbocycles. The van der Waals surface area contributed by atoms with Crippen molar-refractivity contribution < 1.29 is 9.47 Å². The molecular formula is C27H29N7O3. The van der Waals surface area contributed by atoms with Crippen molar-refractivity contribution in [1.82, 2.24) is 34.7 Å². The highest BCUT2D eigenvalue weighted by molar-refractivity contribution is 5.79. The number of hydrogen-bond acceptors (Lipinski definition) is 7. The van der Waals surface area contributed by atoms with Gasteiger partial charge in [0.1, 0.15) is 5.52 Å². The maximum absolute atomic E-state index is 11.7. The maximum Gasteiger partial charge on any atom is 0.248 e. The van der Waals surface area contributed by atoms with Crippen molar-refractivity contribution in [3.63, 3.8) is 0 Å². The normalized spacial score (nSPS) is 16.5. The van der Waals surface area contributed by atoms with Crippen LogP contribution in [0.3, 0.4) is 0 Å². The van der Waals surface area contributed by atoms with Crippen molar-refractivity contribution in [2.45, 2.75) is 51.5 Å². The third-order valence-corrected chi connectivity index (χ3v) is 6.95. The number of ether oxygens (including phenoxy) is 2. The molecule has 1 atom stereocenters. The molecule has 1 aliphatic rings. The summed E-state index contributed by atoms with van der Waals surface area (Å²) < 4.78 is 15.2. The van der Waals surface area contributed by atoms with Crippen molar-refractivity contribution in [3.8, 4) is 11.3 Å². The van der Waals surface area contributed by atoms with Crippen molar-refractivity contribution >= 4 is 22.1 Å². The molecule has 0 saturated carbocycles. The predicted octanol–water partition coefficient (Wildman–Crippen LogP) is 3.86. The largest absolute Gasteiger partial charge is 0.353 e. The van der Waals surface area contributed by atoms with Gasteiger partial charge in [-0.25, -0.2) is 9.67 Å². The Morgan fingerprint density at radius 2 is 2.08 bits per heavy atom. The molecule has 1 fully saturated rings. The third kappa shape index (κ3) is 4.65. The van der Waals surface area contributed by atoms with Crippen LogP contribution in [-0.2, 0) is 21.6 Å². The van der Waals surface area contributed by atoms with Gasteiger partial charge in [-0.1, -0.05) is 11.3 Å². The van der Waals surface area contributed by atoms with Crippen molar-refractivity contribution in [2.24, 2.45) is 0 Å². The molecule has 0 radical (unpaired) electrons. The summed E-state index contributed by atoms with van der Waals surface area (Å²) in [4.78, 5) is 19.5. The highest BCUT2D eigenvalue weighted by atomic mass is 16.7. The molecule has 0 spiro atoms. The standard InChI is InChI=1S/C27H29N7O3/c1-27(2,20-7-8-21-18(15-20)6-11-24(35)29-21)34-26-23(31-32-34)10-9-22(30-26)19-16-28-33(17-19)12-14-37-25-5-3-4-13-36-25/h6-11,15-17,25H,3-5,12-14H2,1-2H3,(H,29,35). The summed E-state index contributed by atoms with van der Waals surface area (Å²) >= 11 is 0. The van der Waals surface area contributed by atoms with Crippen LogP contribution in [0, 0.1) is 0 Å². The van der Waals surface area contributed by atoms with E-state index in [1.807, 2.05) is 52.1 Å². The van der Waals surface area contributed by atoms with E-state index in [0.29, 0.717) is 18.8 Å². The van der Waals surface area contributed by atoms with Crippen LogP contribution in [0.5, 0.6) is 0 Å². The van der Waals surface area contributed by atoms with Gasteiger partial charge < -0.3 is 14.5 Å². The van der Waals surface area contributed by atoms with E-state index in [0.717, 1.165) is 59.1 Å². The lowest BCUT2D eigenvalue weighted by Crippen LogP contribution is -2.29. The Balaban J connectivity index is 1.25. The number of aromatic amines is 1. The van der Waals surface area contributed by atoms with Gasteiger partial charge >= 0.3 is 0 Å². The first kappa shape index (κ1) is 23.5. The Kier molecular flexibility index (Phi) is 6.05. The second kappa shape index (κ2) is 9.53. The third-order valence-electron chi connectivity index (χ3n) is 6.95. The second-order valence-electron chi connectivity index (χ2n) is 9.88. The van der Waals surface area contributed by atoms with Crippen LogP contribution in [0.2, 0.25) is 0 Å². The number of pyridine rings is 2. The topological polar surface area (TPSA) is 113 Å². The number of nitrogens with one attached hydrogen (secondary N) is 1. The lowest BCUT2D eigenvalue weighted by Gasteiger charge is -2.26. The molecule has 190 valence electrons. The van der Waals surface area contributed by atoms with Gasteiger partial charge in [-0.3, -0.25) is 9.48 Å². The summed E-state index contributed by atoms with van der Waals surface area (Å²) in [6.07, 6.45) is 6.89. The van der Waals surface area contributed by atoms with Crippen LogP contribution in [0.25, 0.3) is 33.3 Å². The molecule has 10 heteroatoms. The van der Waals surface area contributed by atoms with Gasteiger partial charge in [0.05, 0.1) is 30.6 Å². The van der Waals surface area contributed by atoms with Gasteiger partial charge in [-0.15, -0.1) is 5.10 Å². The smallest absolute Gasteiger partial charge is 0.248 e. The minimum Gasteiger partial charge on any atom is -0.353 e. The van der Waals surface area contributed by atoms with Gasteiger partial charge in [0, 0.05) is 30.0 Å². The van der Waals surface area contributed by atoms with E-state index in [2.05, 4.69) is 40.3 Å². The van der Waals surface area contributed by atoms with Crippen LogP contribution in [0.1, 0.15) is 38.7 Å². The summed E-state index contributed by atoms with van der Waals surface area (Å²) in [6, 6.07) is 13.2. The van der Waals surface area contributed by atoms with Crippen LogP contribution in [0.4, 0.5) is 0 Å². The maximum atomic E-state index is 11.7. The van der Waals surface area contributed by atoms with E-state index in [1.54, 1.807) is 0 Å². The van der Waals surface area contributed by atoms with E-state index in [9.17, 15) is 4.79 Å². The molecule has 37 heavy (non-hydrogen) atoms. The average molecular weight is 500 g/mol. The fraction of sp³-hybridized carbons (Fsp3) is 0.370. The zero-order chi connectivity index (χ0) is 25.4. The van der Waals surface area contributed by atoms with Crippen LogP contribution in [-0.4, -0.2) is 54.2 Å². The Morgan fingerprint density at radius 1 is 1.16 bits per heavy atom. The fourth-order valence-electron chi connectivity index (χ4n) is 4.74. The molecule has 1 saturated heterocycles. The zero-order valence-electron chi connectivity index (χ0n) is 20.9. The van der Waals surface area contributed by atoms with E-state index in [-0.39, 0.29) is 11.8 Å². The van der Waals surface area contributed by atoms with E-state index < -0.39 is 5.54 Å². The number of H-pyrrole nitrogens is 1. The average Bonchev–Trinajstić information content (AvgIpc) is 3.56. The van der Waals surface area contributed by atoms with Gasteiger partial charge in [0.2, 0.25) is 5.56 Å². The predicted molar refractivity (Wildman–Crippen MR) is 139 cm³/mol. The lowest BCUT2D eigenvalue weighted by atomic mass is 9.93. The number of aromatic nitrogens is 7. The van der Waals surface area contributed by atoms with Crippen molar-refractivity contribution in [1.29, 1.82) is 0 Å². The summed E-state index contributed by atoms with van der Waals surface area (Å²) in [5.41, 5.74) is 4.29. The van der Waals surface area contributed by atoms with E-state index in [1.165, 1.54) is 6.07 Å². The van der Waals surface area contributed by atoms with Gasteiger partial charge in [0.25, 0.3) is 0 Å². The molecule has 1 N–H and O–H groups in total. The zero-order valence-corrected chi connectivity index (χ0v) is 20.9. The molecule has 5 aromatic rings. The number of hydrogen-bond donors (Lipinski definition) is 1. The Labute approximate surface area is 213 Å². The van der Waals surface area contributed by atoms with Crippen LogP contribution < -0.4 is 5.56 Å². The lowest BCUT2D eigenvalue weighted by molar-refractivity contribution is -0.163. The summed E-state index contributed by atoms with van der Waals surface area (Å²) in [5.74, 6) is 0. The molecule has 10 nitrogen and oxygen atoms in total. The summed E-state index contributed by atoms with van der Waals surface area (Å²) in [7, 11) is 0. The molecule has 0 aliphatic carbocycles. The minimum absolute atomic E-state index is 0.103. The number of fused-ring (bicyclic) bond motifs is 2. The van der Waals surface area contributed by atoms with E-state index >= 15 is 0 Å². The van der Waals surface area contributed by atoms with Crippen molar-refractivity contribution in [3.05, 3.63) is 70.8 Å². The molecule has 5 heterocycles. The SMILES string of the molecule is CC(C)(c1ccc2[nH]c(=O)ccc2c1)n1nnc2ccc(-c3cnn(CCOC4CCCCO4)c3)nc21. The van der Waals surface area contributed by atoms with Crippen molar-refractivity contribution in [2.75, 3.05) is 13.2 Å². The van der Waals surface area contributed by atoms with Crippen LogP contribution in [0.15, 0.2) is 59.7 Å². The molecule has 6 rings (SSSR count). The van der Waals surface area contributed by atoms with Gasteiger partial charge in [-0.2, -0.15) is 5.10 Å². The van der Waals surface area contributed by atoms with Gasteiger partial charge in [-0.05, 0) is 74.4 Å². The van der Waals surface area contributed by atoms with Crippen LogP contribution >= 0.6 is 0 Å². The number of benzene rings is 1. The Bertz CT molecular complexity index is 1610. The first-order chi connectivity index (χ1) is 18.0. The Hall–Kier alpha value is -3.89. The monoisotopic (exact) mass is 499 g/mol. The number of rotatable bonds is 7. The molecule has 1 aliphatic heterocycles. The molecule has 0 amide bonds. The first-order valence-corrected chi connectivity index (χ1v) is 12.6. The highest BCUT2D eigenvalue weighted by Gasteiger charge is 2.27. The minimum atomic E-state index is -0.534. The second-order valence-corrected chi connectivity index (χ2v) is 9.88. The molecule has 0 bridgehead atoms. The molecule has 1 unspecified atom stereocenters. The molecule has 4 aromatic heterocycles. The summed E-state index contributed by atoms with van der Waals surface area (Å²) in [6.45, 7) is 6.12. The fourth-order valence-corrected chi connectivity index (χ4v) is 4.74. The number of nitrogens with zero attached hydrogens (tertiary/aromatic N) is 6. The van der Waals surface area contributed by atoms with Gasteiger partial charge in [0.15, 0.2) is 11.9 Å². The summed E-state index contributed by atoms with van der Waals surface area (Å²) in [5, 5.41) is 14.3. The first-order valence-electron chi connectivity index (χ1n) is 12.6.